The van der Waals surface area contributed by atoms with Gasteiger partial charge in [0.2, 0.25) is 0 Å². The normalized spacial score (nSPS) is 11.9. The molecule has 0 unspecified atom stereocenters. The molecule has 28 heavy (non-hydrogen) atoms. The van der Waals surface area contributed by atoms with Gasteiger partial charge in [0.05, 0.1) is 9.40 Å². The molecule has 0 aliphatic carbocycles. The van der Waals surface area contributed by atoms with Gasteiger partial charge in [-0.1, -0.05) is 55.5 Å². The second-order valence-corrected chi connectivity index (χ2v) is 9.43. The largest absolute Gasteiger partial charge is 0.134 e. The first kappa shape index (κ1) is 16.3. The van der Waals surface area contributed by atoms with Crippen molar-refractivity contribution in [3.05, 3.63) is 84.4 Å². The summed E-state index contributed by atoms with van der Waals surface area (Å²) in [4.78, 5) is 0. The third kappa shape index (κ3) is 2.42. The predicted octanol–water partition coefficient (Wildman–Crippen LogP) is 8.65. The number of benzene rings is 4. The minimum atomic E-state index is 1.09. The van der Waals surface area contributed by atoms with Crippen molar-refractivity contribution in [2.45, 2.75) is 13.3 Å². The summed E-state index contributed by atoms with van der Waals surface area (Å²) in [6.45, 7) is 2.23. The molecule has 0 saturated heterocycles. The van der Waals surface area contributed by atoms with Crippen molar-refractivity contribution in [3.63, 3.8) is 0 Å². The van der Waals surface area contributed by atoms with Crippen molar-refractivity contribution in [2.24, 2.45) is 0 Å². The Morgan fingerprint density at radius 1 is 0.607 bits per heavy atom. The molecule has 0 bridgehead atoms. The Balaban J connectivity index is 1.63. The molecule has 0 spiro atoms. The summed E-state index contributed by atoms with van der Waals surface area (Å²) >= 11 is 3.88. The highest BCUT2D eigenvalue weighted by Gasteiger charge is 2.13. The van der Waals surface area contributed by atoms with Crippen molar-refractivity contribution in [2.75, 3.05) is 0 Å². The van der Waals surface area contributed by atoms with E-state index < -0.39 is 0 Å². The minimum Gasteiger partial charge on any atom is -0.134 e. The van der Waals surface area contributed by atoms with E-state index in [1.807, 2.05) is 22.7 Å². The summed E-state index contributed by atoms with van der Waals surface area (Å²) < 4.78 is 5.68. The van der Waals surface area contributed by atoms with E-state index in [1.54, 1.807) is 0 Å². The van der Waals surface area contributed by atoms with Crippen LogP contribution in [0.4, 0.5) is 0 Å². The Kier molecular flexibility index (Phi) is 3.59. The Morgan fingerprint density at radius 3 is 2.21 bits per heavy atom. The lowest BCUT2D eigenvalue weighted by Crippen LogP contribution is -1.78. The summed E-state index contributed by atoms with van der Waals surface area (Å²) in [5.41, 5.74) is 3.97. The molecule has 0 radical (unpaired) electrons. The van der Waals surface area contributed by atoms with E-state index in [9.17, 15) is 0 Å². The van der Waals surface area contributed by atoms with Crippen LogP contribution in [-0.2, 0) is 6.42 Å². The average Bonchev–Trinajstić information content (AvgIpc) is 3.27. The molecule has 0 N–H and O–H groups in total. The zero-order chi connectivity index (χ0) is 18.7. The van der Waals surface area contributed by atoms with Crippen LogP contribution in [-0.4, -0.2) is 0 Å². The van der Waals surface area contributed by atoms with Crippen molar-refractivity contribution in [1.82, 2.24) is 0 Å². The van der Waals surface area contributed by atoms with Crippen molar-refractivity contribution >= 4 is 63.0 Å². The summed E-state index contributed by atoms with van der Waals surface area (Å²) in [5.74, 6) is 0. The average molecular weight is 395 g/mol. The fraction of sp³-hybridized carbons (Fsp3) is 0.0769. The van der Waals surface area contributed by atoms with E-state index in [0.29, 0.717) is 0 Å². The van der Waals surface area contributed by atoms with Crippen LogP contribution in [0.1, 0.15) is 12.5 Å². The quantitative estimate of drug-likeness (QED) is 0.276. The van der Waals surface area contributed by atoms with Gasteiger partial charge < -0.3 is 0 Å². The summed E-state index contributed by atoms with van der Waals surface area (Å²) in [5, 5.41) is 5.46. The molecule has 6 rings (SSSR count). The molecular weight excluding hydrogens is 376 g/mol. The van der Waals surface area contributed by atoms with Gasteiger partial charge in [0.15, 0.2) is 0 Å². The molecule has 2 heteroatoms. The third-order valence-electron chi connectivity index (χ3n) is 5.62. The highest BCUT2D eigenvalue weighted by Crippen LogP contribution is 2.45. The number of thiophene rings is 2. The smallest absolute Gasteiger partial charge is 0.0542 e. The van der Waals surface area contributed by atoms with Crippen LogP contribution < -0.4 is 0 Å². The van der Waals surface area contributed by atoms with Crippen molar-refractivity contribution in [1.29, 1.82) is 0 Å². The summed E-state index contributed by atoms with van der Waals surface area (Å²) in [7, 11) is 0. The number of rotatable bonds is 2. The van der Waals surface area contributed by atoms with Gasteiger partial charge in [0, 0.05) is 20.2 Å². The monoisotopic (exact) mass is 394 g/mol. The van der Waals surface area contributed by atoms with Gasteiger partial charge in [-0.3, -0.25) is 0 Å². The Bertz CT molecular complexity index is 1480. The lowest BCUT2D eigenvalue weighted by Gasteiger charge is -2.04. The first-order valence-electron chi connectivity index (χ1n) is 9.67. The van der Waals surface area contributed by atoms with E-state index in [4.69, 9.17) is 0 Å². The number of hydrogen-bond acceptors (Lipinski definition) is 2. The molecule has 0 atom stereocenters. The van der Waals surface area contributed by atoms with Gasteiger partial charge in [0.25, 0.3) is 0 Å². The van der Waals surface area contributed by atoms with Gasteiger partial charge in [0.1, 0.15) is 0 Å². The Hall–Kier alpha value is -2.68. The van der Waals surface area contributed by atoms with Crippen LogP contribution >= 0.6 is 22.7 Å². The lowest BCUT2D eigenvalue weighted by molar-refractivity contribution is 1.15. The molecule has 4 aromatic carbocycles. The number of aryl methyl sites for hydroxylation is 1. The molecule has 2 heterocycles. The Labute approximate surface area is 171 Å². The lowest BCUT2D eigenvalue weighted by atomic mass is 10.0. The summed E-state index contributed by atoms with van der Waals surface area (Å²) in [6.07, 6.45) is 1.09. The second-order valence-electron chi connectivity index (χ2n) is 7.32. The van der Waals surface area contributed by atoms with Crippen LogP contribution in [0.25, 0.3) is 51.5 Å². The molecule has 0 nitrogen and oxygen atoms in total. The first-order chi connectivity index (χ1) is 13.8. The van der Waals surface area contributed by atoms with E-state index in [-0.39, 0.29) is 0 Å². The number of fused-ring (bicyclic) bond motifs is 6. The minimum absolute atomic E-state index is 1.09. The zero-order valence-corrected chi connectivity index (χ0v) is 17.2. The van der Waals surface area contributed by atoms with Gasteiger partial charge in [-0.25, -0.2) is 0 Å². The molecular formula is C26H18S2. The van der Waals surface area contributed by atoms with Crippen LogP contribution in [0, 0.1) is 0 Å². The predicted molar refractivity (Wildman–Crippen MR) is 127 cm³/mol. The van der Waals surface area contributed by atoms with Crippen molar-refractivity contribution < 1.29 is 0 Å². The Morgan fingerprint density at radius 2 is 1.39 bits per heavy atom. The van der Waals surface area contributed by atoms with E-state index >= 15 is 0 Å². The molecule has 0 aliphatic heterocycles. The SMILES string of the molecule is CCc1ccc2sc3c4cc5cc(-c6ccccc6)ccc5cc4sc3c2c1. The second kappa shape index (κ2) is 6.16. The standard InChI is InChI=1S/C26H18S2/c1-2-16-8-11-23-21(12-16)25-26(27-23)22-14-20-13-18(17-6-4-3-5-7-17)9-10-19(20)15-24(22)28-25/h3-15H,2H2,1H3. The van der Waals surface area contributed by atoms with Crippen LogP contribution in [0.3, 0.4) is 0 Å². The molecule has 0 fully saturated rings. The highest BCUT2D eigenvalue weighted by molar-refractivity contribution is 7.36. The molecule has 2 aromatic heterocycles. The van der Waals surface area contributed by atoms with E-state index in [0.717, 1.165) is 6.42 Å². The summed E-state index contributed by atoms with van der Waals surface area (Å²) in [6, 6.07) is 29.2. The molecule has 134 valence electrons. The highest BCUT2D eigenvalue weighted by atomic mass is 32.1. The molecule has 0 amide bonds. The van der Waals surface area contributed by atoms with Crippen LogP contribution in [0.15, 0.2) is 78.9 Å². The van der Waals surface area contributed by atoms with Crippen LogP contribution in [0.5, 0.6) is 0 Å². The van der Waals surface area contributed by atoms with E-state index in [1.165, 1.54) is 57.0 Å². The van der Waals surface area contributed by atoms with Gasteiger partial charge in [-0.2, -0.15) is 0 Å². The number of hydrogen-bond donors (Lipinski definition) is 0. The maximum absolute atomic E-state index is 2.39. The van der Waals surface area contributed by atoms with Crippen molar-refractivity contribution in [3.8, 4) is 11.1 Å². The fourth-order valence-electron chi connectivity index (χ4n) is 4.08. The fourth-order valence-corrected chi connectivity index (χ4v) is 6.73. The van der Waals surface area contributed by atoms with Crippen LogP contribution in [0.2, 0.25) is 0 Å². The first-order valence-corrected chi connectivity index (χ1v) is 11.3. The maximum atomic E-state index is 2.39. The van der Waals surface area contributed by atoms with Gasteiger partial charge >= 0.3 is 0 Å². The molecule has 0 saturated carbocycles. The van der Waals surface area contributed by atoms with Gasteiger partial charge in [-0.05, 0) is 64.2 Å². The van der Waals surface area contributed by atoms with E-state index in [2.05, 4.69) is 85.8 Å². The van der Waals surface area contributed by atoms with Gasteiger partial charge in [-0.15, -0.1) is 22.7 Å². The topological polar surface area (TPSA) is 0 Å². The maximum Gasteiger partial charge on any atom is 0.0542 e. The zero-order valence-electron chi connectivity index (χ0n) is 15.5. The molecule has 0 aliphatic rings. The molecule has 6 aromatic rings. The third-order valence-corrected chi connectivity index (χ3v) is 8.14.